The minimum atomic E-state index is -0.376. The lowest BCUT2D eigenvalue weighted by molar-refractivity contribution is -0.122. The predicted molar refractivity (Wildman–Crippen MR) is 156 cm³/mol. The number of anilines is 2. The second kappa shape index (κ2) is 14.1. The van der Waals surface area contributed by atoms with E-state index in [1.54, 1.807) is 48.5 Å². The van der Waals surface area contributed by atoms with E-state index in [1.165, 1.54) is 43.4 Å². The number of carbonyl (C=O) groups excluding carboxylic acids is 4. The Hall–Kier alpha value is -3.74. The third kappa shape index (κ3) is 7.26. The summed E-state index contributed by atoms with van der Waals surface area (Å²) in [6, 6.07) is 13.1. The first kappa shape index (κ1) is 29.2. The van der Waals surface area contributed by atoms with E-state index in [9.17, 15) is 19.2 Å². The number of fused-ring (bicyclic) bond motifs is 1. The van der Waals surface area contributed by atoms with Gasteiger partial charge in [0.1, 0.15) is 0 Å². The maximum atomic E-state index is 13.1. The number of benzene rings is 2. The van der Waals surface area contributed by atoms with Gasteiger partial charge in [0.05, 0.1) is 29.7 Å². The average molecular weight is 545 g/mol. The Morgan fingerprint density at radius 1 is 0.875 bits per heavy atom. The molecule has 2 atom stereocenters. The first-order chi connectivity index (χ1) is 19.4. The zero-order valence-electron chi connectivity index (χ0n) is 23.6. The van der Waals surface area contributed by atoms with Crippen LogP contribution in [0.15, 0.2) is 60.2 Å². The van der Waals surface area contributed by atoms with Gasteiger partial charge in [-0.2, -0.15) is 0 Å². The van der Waals surface area contributed by atoms with Gasteiger partial charge in [-0.25, -0.2) is 4.79 Å². The minimum absolute atomic E-state index is 0.204. The van der Waals surface area contributed by atoms with Crippen LogP contribution in [0.1, 0.15) is 98.8 Å². The van der Waals surface area contributed by atoms with Crippen LogP contribution in [0.2, 0.25) is 0 Å². The van der Waals surface area contributed by atoms with Crippen LogP contribution < -0.4 is 10.2 Å². The van der Waals surface area contributed by atoms with Gasteiger partial charge in [-0.3, -0.25) is 19.3 Å². The Kier molecular flexibility index (Phi) is 10.3. The summed E-state index contributed by atoms with van der Waals surface area (Å²) in [5.41, 5.74) is 2.81. The SMILES string of the molecule is CCCCCCCCCCOC(=O)c1ccc(NC(=O)c2cccc(N3C(=O)[C@H]4CC(C)=CC[C@H]4C3=O)c2)cc1. The van der Waals surface area contributed by atoms with Crippen molar-refractivity contribution in [1.29, 1.82) is 0 Å². The molecule has 0 spiro atoms. The normalized spacial score (nSPS) is 18.4. The molecule has 1 aliphatic carbocycles. The molecule has 3 amide bonds. The van der Waals surface area contributed by atoms with Crippen LogP contribution in [0.25, 0.3) is 0 Å². The molecular weight excluding hydrogens is 504 g/mol. The third-order valence-corrected chi connectivity index (χ3v) is 7.80. The van der Waals surface area contributed by atoms with E-state index in [0.717, 1.165) is 18.4 Å². The summed E-state index contributed by atoms with van der Waals surface area (Å²) in [7, 11) is 0. The van der Waals surface area contributed by atoms with E-state index in [0.29, 0.717) is 42.0 Å². The fourth-order valence-corrected chi connectivity index (χ4v) is 5.46. The average Bonchev–Trinajstić information content (AvgIpc) is 3.21. The van der Waals surface area contributed by atoms with Crippen molar-refractivity contribution in [2.24, 2.45) is 11.8 Å². The Morgan fingerprint density at radius 2 is 1.55 bits per heavy atom. The number of imide groups is 1. The number of rotatable bonds is 13. The molecule has 1 heterocycles. The molecule has 2 aliphatic rings. The molecule has 0 radical (unpaired) electrons. The summed E-state index contributed by atoms with van der Waals surface area (Å²) < 4.78 is 5.39. The molecule has 7 nitrogen and oxygen atoms in total. The Balaban J connectivity index is 1.26. The predicted octanol–water partition coefficient (Wildman–Crippen LogP) is 7.08. The van der Waals surface area contributed by atoms with Gasteiger partial charge in [-0.1, -0.05) is 69.6 Å². The first-order valence-electron chi connectivity index (χ1n) is 14.6. The highest BCUT2D eigenvalue weighted by Crippen LogP contribution is 2.39. The topological polar surface area (TPSA) is 92.8 Å². The molecular formula is C33H40N2O5. The molecule has 212 valence electrons. The van der Waals surface area contributed by atoms with Crippen molar-refractivity contribution in [3.63, 3.8) is 0 Å². The number of allylic oxidation sites excluding steroid dienone is 2. The number of nitrogens with one attached hydrogen (secondary N) is 1. The molecule has 0 unspecified atom stereocenters. The van der Waals surface area contributed by atoms with Crippen LogP contribution in [-0.2, 0) is 14.3 Å². The number of nitrogens with zero attached hydrogens (tertiary/aromatic N) is 1. The lowest BCUT2D eigenvalue weighted by atomic mass is 9.82. The number of carbonyl (C=O) groups is 4. The maximum Gasteiger partial charge on any atom is 0.338 e. The second-order valence-electron chi connectivity index (χ2n) is 10.9. The van der Waals surface area contributed by atoms with Gasteiger partial charge >= 0.3 is 5.97 Å². The molecule has 1 aliphatic heterocycles. The zero-order chi connectivity index (χ0) is 28.5. The van der Waals surface area contributed by atoms with Gasteiger partial charge in [0.25, 0.3) is 5.91 Å². The number of hydrogen-bond donors (Lipinski definition) is 1. The van der Waals surface area contributed by atoms with Crippen LogP contribution in [0.3, 0.4) is 0 Å². The summed E-state index contributed by atoms with van der Waals surface area (Å²) in [4.78, 5) is 52.6. The first-order valence-corrected chi connectivity index (χ1v) is 14.6. The van der Waals surface area contributed by atoms with Crippen molar-refractivity contribution < 1.29 is 23.9 Å². The number of esters is 1. The van der Waals surface area contributed by atoms with E-state index in [-0.39, 0.29) is 35.5 Å². The fraction of sp³-hybridized carbons (Fsp3) is 0.455. The molecule has 1 N–H and O–H groups in total. The Morgan fingerprint density at radius 3 is 2.27 bits per heavy atom. The highest BCUT2D eigenvalue weighted by molar-refractivity contribution is 6.22. The molecule has 7 heteroatoms. The van der Waals surface area contributed by atoms with Crippen molar-refractivity contribution in [3.8, 4) is 0 Å². The fourth-order valence-electron chi connectivity index (χ4n) is 5.46. The summed E-state index contributed by atoms with van der Waals surface area (Å²) in [5.74, 6) is -1.83. The Bertz CT molecular complexity index is 1250. The molecule has 1 fully saturated rings. The van der Waals surface area contributed by atoms with E-state index < -0.39 is 0 Å². The Labute approximate surface area is 237 Å². The van der Waals surface area contributed by atoms with Crippen molar-refractivity contribution in [1.82, 2.24) is 0 Å². The van der Waals surface area contributed by atoms with Gasteiger partial charge in [-0.05, 0) is 68.7 Å². The number of ether oxygens (including phenoxy) is 1. The highest BCUT2D eigenvalue weighted by Gasteiger charge is 2.48. The van der Waals surface area contributed by atoms with Crippen molar-refractivity contribution in [2.75, 3.05) is 16.8 Å². The molecule has 2 aromatic carbocycles. The molecule has 0 bridgehead atoms. The number of amides is 3. The van der Waals surface area contributed by atoms with Crippen molar-refractivity contribution in [2.45, 2.75) is 78.1 Å². The minimum Gasteiger partial charge on any atom is -0.462 e. The zero-order valence-corrected chi connectivity index (χ0v) is 23.6. The van der Waals surface area contributed by atoms with Crippen LogP contribution in [-0.4, -0.2) is 30.3 Å². The largest absolute Gasteiger partial charge is 0.462 e. The van der Waals surface area contributed by atoms with Gasteiger partial charge in [0, 0.05) is 11.3 Å². The molecule has 4 rings (SSSR count). The maximum absolute atomic E-state index is 13.1. The van der Waals surface area contributed by atoms with E-state index in [2.05, 4.69) is 12.2 Å². The lowest BCUT2D eigenvalue weighted by Crippen LogP contribution is -2.31. The summed E-state index contributed by atoms with van der Waals surface area (Å²) in [6.45, 7) is 4.60. The number of unbranched alkanes of at least 4 members (excludes halogenated alkanes) is 7. The lowest BCUT2D eigenvalue weighted by Gasteiger charge is -2.18. The van der Waals surface area contributed by atoms with E-state index >= 15 is 0 Å². The van der Waals surface area contributed by atoms with Crippen LogP contribution in [0.5, 0.6) is 0 Å². The van der Waals surface area contributed by atoms with Gasteiger partial charge in [-0.15, -0.1) is 0 Å². The molecule has 1 saturated heterocycles. The van der Waals surface area contributed by atoms with E-state index in [4.69, 9.17) is 4.74 Å². The standard InChI is InChI=1S/C33H40N2O5/c1-3-4-5-6-7-8-9-10-20-40-33(39)24-15-17-26(18-16-24)34-30(36)25-12-11-13-27(22-25)35-31(37)28-19-14-23(2)21-29(28)32(35)38/h11-18,22,28-29H,3-10,19-21H2,1-2H3,(H,34,36)/t28-,29+/m1/s1. The van der Waals surface area contributed by atoms with Gasteiger partial charge in [0.2, 0.25) is 11.8 Å². The van der Waals surface area contributed by atoms with Crippen LogP contribution >= 0.6 is 0 Å². The summed E-state index contributed by atoms with van der Waals surface area (Å²) >= 11 is 0. The highest BCUT2D eigenvalue weighted by atomic mass is 16.5. The monoisotopic (exact) mass is 544 g/mol. The number of hydrogen-bond acceptors (Lipinski definition) is 5. The van der Waals surface area contributed by atoms with Gasteiger partial charge < -0.3 is 10.1 Å². The molecule has 0 aromatic heterocycles. The van der Waals surface area contributed by atoms with Crippen molar-refractivity contribution in [3.05, 3.63) is 71.3 Å². The van der Waals surface area contributed by atoms with Crippen LogP contribution in [0, 0.1) is 11.8 Å². The molecule has 2 aromatic rings. The second-order valence-corrected chi connectivity index (χ2v) is 10.9. The van der Waals surface area contributed by atoms with Gasteiger partial charge in [0.15, 0.2) is 0 Å². The molecule has 40 heavy (non-hydrogen) atoms. The third-order valence-electron chi connectivity index (χ3n) is 7.80. The smallest absolute Gasteiger partial charge is 0.338 e. The van der Waals surface area contributed by atoms with E-state index in [1.807, 2.05) is 13.0 Å². The molecule has 0 saturated carbocycles. The summed E-state index contributed by atoms with van der Waals surface area (Å²) in [5, 5.41) is 2.82. The van der Waals surface area contributed by atoms with Crippen LogP contribution in [0.4, 0.5) is 11.4 Å². The van der Waals surface area contributed by atoms with Crippen molar-refractivity contribution >= 4 is 35.1 Å². The summed E-state index contributed by atoms with van der Waals surface area (Å²) in [6.07, 6.45) is 12.6. The quantitative estimate of drug-likeness (QED) is 0.126.